The second kappa shape index (κ2) is 9.45. The summed E-state index contributed by atoms with van der Waals surface area (Å²) in [5, 5.41) is 23.0. The zero-order chi connectivity index (χ0) is 22.7. The Kier molecular flexibility index (Phi) is 6.47. The van der Waals surface area contributed by atoms with Crippen LogP contribution in [0.25, 0.3) is 10.2 Å². The number of aromatic nitrogens is 4. The summed E-state index contributed by atoms with van der Waals surface area (Å²) < 4.78 is 2.66. The van der Waals surface area contributed by atoms with E-state index in [1.807, 2.05) is 6.07 Å². The molecule has 2 aromatic heterocycles. The van der Waals surface area contributed by atoms with Crippen molar-refractivity contribution in [3.63, 3.8) is 0 Å². The number of hydrogen-bond donors (Lipinski definition) is 1. The van der Waals surface area contributed by atoms with Gasteiger partial charge < -0.3 is 4.57 Å². The van der Waals surface area contributed by atoms with Gasteiger partial charge in [0, 0.05) is 18.7 Å². The lowest BCUT2D eigenvalue weighted by Gasteiger charge is -2.05. The van der Waals surface area contributed by atoms with Gasteiger partial charge in [0.1, 0.15) is 6.33 Å². The number of carbonyl (C=O) groups is 1. The third kappa shape index (κ3) is 4.78. The third-order valence-electron chi connectivity index (χ3n) is 4.78. The van der Waals surface area contributed by atoms with E-state index in [1.165, 1.54) is 29.3 Å². The van der Waals surface area contributed by atoms with Gasteiger partial charge in [0.05, 0.1) is 20.0 Å². The van der Waals surface area contributed by atoms with Crippen LogP contribution < -0.4 is 5.32 Å². The maximum absolute atomic E-state index is 12.8. The normalized spacial score (nSPS) is 11.1. The first kappa shape index (κ1) is 21.9. The van der Waals surface area contributed by atoms with Crippen molar-refractivity contribution in [2.45, 2.75) is 36.2 Å². The number of hydrogen-bond acceptors (Lipinski definition) is 8. The van der Waals surface area contributed by atoms with Gasteiger partial charge >= 0.3 is 0 Å². The summed E-state index contributed by atoms with van der Waals surface area (Å²) in [5.41, 5.74) is 2.07. The molecule has 2 aromatic carbocycles. The highest BCUT2D eigenvalue weighted by molar-refractivity contribution is 7.99. The first-order valence-electron chi connectivity index (χ1n) is 9.95. The van der Waals surface area contributed by atoms with Crippen LogP contribution >= 0.6 is 23.1 Å². The number of thiazole rings is 1. The summed E-state index contributed by atoms with van der Waals surface area (Å²) in [4.78, 5) is 28.7. The number of amides is 1. The zero-order valence-corrected chi connectivity index (χ0v) is 19.1. The SMILES string of the molecule is CCCCc1ccc2nc(NC(=O)c3ccc(Sc4nncn4C)c([N+](=O)[O-])c3)sc2c1. The zero-order valence-electron chi connectivity index (χ0n) is 17.4. The number of fused-ring (bicyclic) bond motifs is 1. The highest BCUT2D eigenvalue weighted by Crippen LogP contribution is 2.34. The Hall–Kier alpha value is -3.31. The lowest BCUT2D eigenvalue weighted by molar-refractivity contribution is -0.387. The van der Waals surface area contributed by atoms with E-state index in [9.17, 15) is 14.9 Å². The van der Waals surface area contributed by atoms with Crippen molar-refractivity contribution in [2.75, 3.05) is 5.32 Å². The fraction of sp³-hybridized carbons (Fsp3) is 0.238. The standard InChI is InChI=1S/C21H20N6O3S2/c1-3-4-5-13-6-8-15-18(10-13)31-20(23-15)24-19(28)14-7-9-17(16(11-14)27(29)30)32-21-25-22-12-26(21)2/h6-12H,3-5H2,1-2H3,(H,23,24,28). The van der Waals surface area contributed by atoms with Gasteiger partial charge in [0.2, 0.25) is 0 Å². The Morgan fingerprint density at radius 3 is 2.84 bits per heavy atom. The molecule has 32 heavy (non-hydrogen) atoms. The van der Waals surface area contributed by atoms with Crippen LogP contribution in [0.2, 0.25) is 0 Å². The van der Waals surface area contributed by atoms with E-state index in [0.717, 1.165) is 41.2 Å². The molecule has 1 amide bonds. The minimum absolute atomic E-state index is 0.171. The molecule has 4 aromatic rings. The minimum Gasteiger partial charge on any atom is -0.311 e. The molecule has 0 unspecified atom stereocenters. The second-order valence-corrected chi connectivity index (χ2v) is 9.18. The minimum atomic E-state index is -0.509. The lowest BCUT2D eigenvalue weighted by atomic mass is 10.1. The van der Waals surface area contributed by atoms with E-state index < -0.39 is 10.8 Å². The van der Waals surface area contributed by atoms with Crippen molar-refractivity contribution in [1.82, 2.24) is 19.7 Å². The quantitative estimate of drug-likeness (QED) is 0.283. The molecule has 0 saturated carbocycles. The van der Waals surface area contributed by atoms with Crippen LogP contribution in [0.15, 0.2) is 52.8 Å². The number of unbranched alkanes of at least 4 members (excludes halogenated alkanes) is 1. The number of nitrogens with one attached hydrogen (secondary N) is 1. The largest absolute Gasteiger partial charge is 0.311 e. The van der Waals surface area contributed by atoms with Crippen molar-refractivity contribution < 1.29 is 9.72 Å². The number of benzene rings is 2. The topological polar surface area (TPSA) is 116 Å². The Labute approximate surface area is 192 Å². The molecule has 0 bridgehead atoms. The van der Waals surface area contributed by atoms with Crippen LogP contribution in [0, 0.1) is 10.1 Å². The van der Waals surface area contributed by atoms with E-state index in [1.54, 1.807) is 23.7 Å². The molecule has 0 saturated heterocycles. The Bertz CT molecular complexity index is 1300. The van der Waals surface area contributed by atoms with Gasteiger partial charge in [-0.1, -0.05) is 30.7 Å². The molecule has 164 valence electrons. The van der Waals surface area contributed by atoms with Crippen molar-refractivity contribution in [3.05, 3.63) is 64.0 Å². The van der Waals surface area contributed by atoms with Crippen molar-refractivity contribution in [2.24, 2.45) is 7.05 Å². The second-order valence-electron chi connectivity index (χ2n) is 7.14. The molecule has 0 aliphatic carbocycles. The average Bonchev–Trinajstić information content (AvgIpc) is 3.37. The number of nitrogens with zero attached hydrogens (tertiary/aromatic N) is 5. The summed E-state index contributed by atoms with van der Waals surface area (Å²) in [6, 6.07) is 10.5. The molecule has 9 nitrogen and oxygen atoms in total. The average molecular weight is 469 g/mol. The van der Waals surface area contributed by atoms with Crippen LogP contribution in [-0.4, -0.2) is 30.6 Å². The molecule has 1 N–H and O–H groups in total. The van der Waals surface area contributed by atoms with E-state index in [4.69, 9.17) is 0 Å². The molecule has 0 aliphatic heterocycles. The molecule has 0 radical (unpaired) electrons. The highest BCUT2D eigenvalue weighted by Gasteiger charge is 2.20. The summed E-state index contributed by atoms with van der Waals surface area (Å²) >= 11 is 2.50. The molecule has 0 fully saturated rings. The van der Waals surface area contributed by atoms with Crippen LogP contribution in [0.5, 0.6) is 0 Å². The number of nitro benzene ring substituents is 1. The predicted molar refractivity (Wildman–Crippen MR) is 124 cm³/mol. The van der Waals surface area contributed by atoms with E-state index >= 15 is 0 Å². The van der Waals surface area contributed by atoms with Gasteiger partial charge in [-0.15, -0.1) is 10.2 Å². The maximum atomic E-state index is 12.8. The number of rotatable bonds is 8. The van der Waals surface area contributed by atoms with Crippen molar-refractivity contribution >= 4 is 50.0 Å². The van der Waals surface area contributed by atoms with Crippen LogP contribution in [0.3, 0.4) is 0 Å². The van der Waals surface area contributed by atoms with Gasteiger partial charge in [-0.3, -0.25) is 20.2 Å². The van der Waals surface area contributed by atoms with Crippen molar-refractivity contribution in [3.8, 4) is 0 Å². The van der Waals surface area contributed by atoms with Crippen LogP contribution in [-0.2, 0) is 13.5 Å². The number of nitro groups is 1. The summed E-state index contributed by atoms with van der Waals surface area (Å²) in [6.07, 6.45) is 4.77. The molecule has 0 aliphatic rings. The first-order valence-corrected chi connectivity index (χ1v) is 11.6. The predicted octanol–water partition coefficient (Wildman–Crippen LogP) is 5.08. The molecular formula is C21H20N6O3S2. The molecule has 11 heteroatoms. The fourth-order valence-corrected chi connectivity index (χ4v) is 4.85. The summed E-state index contributed by atoms with van der Waals surface area (Å²) in [6.45, 7) is 2.16. The maximum Gasteiger partial charge on any atom is 0.284 e. The molecule has 0 atom stereocenters. The van der Waals surface area contributed by atoms with Gasteiger partial charge in [-0.25, -0.2) is 4.98 Å². The summed E-state index contributed by atoms with van der Waals surface area (Å²) in [7, 11) is 1.75. The number of anilines is 1. The molecule has 4 rings (SSSR count). The lowest BCUT2D eigenvalue weighted by Crippen LogP contribution is -2.12. The molecule has 0 spiro atoms. The third-order valence-corrected chi connectivity index (χ3v) is 6.83. The van der Waals surface area contributed by atoms with Crippen molar-refractivity contribution in [1.29, 1.82) is 0 Å². The van der Waals surface area contributed by atoms with E-state index in [0.29, 0.717) is 15.2 Å². The van der Waals surface area contributed by atoms with E-state index in [2.05, 4.69) is 39.6 Å². The molecule has 2 heterocycles. The van der Waals surface area contributed by atoms with Gasteiger partial charge in [0.25, 0.3) is 11.6 Å². The smallest absolute Gasteiger partial charge is 0.284 e. The fourth-order valence-electron chi connectivity index (χ4n) is 3.08. The Balaban J connectivity index is 1.54. The van der Waals surface area contributed by atoms with Crippen LogP contribution in [0.1, 0.15) is 35.7 Å². The molecular weight excluding hydrogens is 448 g/mol. The number of carbonyl (C=O) groups excluding carboxylic acids is 1. The van der Waals surface area contributed by atoms with Gasteiger partial charge in [-0.05, 0) is 54.4 Å². The highest BCUT2D eigenvalue weighted by atomic mass is 32.2. The van der Waals surface area contributed by atoms with Crippen LogP contribution in [0.4, 0.5) is 10.8 Å². The monoisotopic (exact) mass is 468 g/mol. The first-order chi connectivity index (χ1) is 15.4. The van der Waals surface area contributed by atoms with E-state index in [-0.39, 0.29) is 11.3 Å². The summed E-state index contributed by atoms with van der Waals surface area (Å²) in [5.74, 6) is -0.450. The van der Waals surface area contributed by atoms with Gasteiger partial charge in [-0.2, -0.15) is 0 Å². The number of aryl methyl sites for hydroxylation is 2. The Morgan fingerprint density at radius 1 is 1.28 bits per heavy atom. The van der Waals surface area contributed by atoms with Gasteiger partial charge in [0.15, 0.2) is 10.3 Å². The Morgan fingerprint density at radius 2 is 2.12 bits per heavy atom.